The lowest BCUT2D eigenvalue weighted by Gasteiger charge is -2.08. The number of methoxy groups -OCH3 is 2. The summed E-state index contributed by atoms with van der Waals surface area (Å²) in [6.07, 6.45) is 1.14. The Labute approximate surface area is 130 Å². The third-order valence-corrected chi connectivity index (χ3v) is 4.44. The molecule has 0 aliphatic rings. The third-order valence-electron chi connectivity index (χ3n) is 3.24. The maximum atomic E-state index is 5.35. The van der Waals surface area contributed by atoms with Gasteiger partial charge in [-0.2, -0.15) is 0 Å². The van der Waals surface area contributed by atoms with Crippen LogP contribution in [0.3, 0.4) is 0 Å². The summed E-state index contributed by atoms with van der Waals surface area (Å²) in [5.74, 6) is 1.47. The minimum absolute atomic E-state index is 0.730. The van der Waals surface area contributed by atoms with Crippen molar-refractivity contribution in [3.63, 3.8) is 0 Å². The van der Waals surface area contributed by atoms with Crippen LogP contribution in [-0.2, 0) is 6.54 Å². The van der Waals surface area contributed by atoms with E-state index in [9.17, 15) is 0 Å². The van der Waals surface area contributed by atoms with Crippen molar-refractivity contribution >= 4 is 11.3 Å². The lowest BCUT2D eigenvalue weighted by molar-refractivity contribution is 0.355. The molecule has 2 aromatic rings. The zero-order valence-electron chi connectivity index (χ0n) is 13.0. The molecule has 0 atom stereocenters. The Morgan fingerprint density at radius 3 is 2.62 bits per heavy atom. The maximum absolute atomic E-state index is 5.35. The summed E-state index contributed by atoms with van der Waals surface area (Å²) in [4.78, 5) is 5.96. The van der Waals surface area contributed by atoms with Gasteiger partial charge in [0.1, 0.15) is 5.01 Å². The molecule has 0 fully saturated rings. The Balaban J connectivity index is 2.24. The molecule has 4 nitrogen and oxygen atoms in total. The number of ether oxygens (including phenoxy) is 2. The minimum atomic E-state index is 0.730. The molecule has 1 aromatic carbocycles. The molecule has 0 saturated heterocycles. The van der Waals surface area contributed by atoms with Gasteiger partial charge in [0, 0.05) is 17.0 Å². The number of nitrogens with zero attached hydrogens (tertiary/aromatic N) is 1. The second kappa shape index (κ2) is 7.43. The summed E-state index contributed by atoms with van der Waals surface area (Å²) in [5.41, 5.74) is 2.15. The number of hydrogen-bond acceptors (Lipinski definition) is 5. The number of hydrogen-bond donors (Lipinski definition) is 1. The normalized spacial score (nSPS) is 10.7. The lowest BCUT2D eigenvalue weighted by Crippen LogP contribution is -2.13. The topological polar surface area (TPSA) is 43.4 Å². The van der Waals surface area contributed by atoms with Gasteiger partial charge >= 0.3 is 0 Å². The van der Waals surface area contributed by atoms with Crippen LogP contribution in [0.2, 0.25) is 0 Å². The van der Waals surface area contributed by atoms with Gasteiger partial charge in [0.05, 0.1) is 19.9 Å². The van der Waals surface area contributed by atoms with Gasteiger partial charge in [-0.05, 0) is 38.1 Å². The van der Waals surface area contributed by atoms with E-state index in [1.807, 2.05) is 18.2 Å². The lowest BCUT2D eigenvalue weighted by atomic mass is 10.2. The van der Waals surface area contributed by atoms with Crippen LogP contribution in [0.1, 0.15) is 23.9 Å². The van der Waals surface area contributed by atoms with Crippen LogP contribution >= 0.6 is 11.3 Å². The SMILES string of the molecule is CCCNCc1sc(-c2ccc(OC)c(OC)c2)nc1C. The van der Waals surface area contributed by atoms with E-state index < -0.39 is 0 Å². The molecule has 0 unspecified atom stereocenters. The quantitative estimate of drug-likeness (QED) is 0.793. The van der Waals surface area contributed by atoms with Crippen LogP contribution in [0.25, 0.3) is 10.6 Å². The Morgan fingerprint density at radius 1 is 1.19 bits per heavy atom. The van der Waals surface area contributed by atoms with E-state index in [0.29, 0.717) is 0 Å². The van der Waals surface area contributed by atoms with Crippen molar-refractivity contribution in [2.75, 3.05) is 20.8 Å². The first-order valence-corrected chi connectivity index (χ1v) is 7.90. The largest absolute Gasteiger partial charge is 0.493 e. The fourth-order valence-electron chi connectivity index (χ4n) is 2.06. The summed E-state index contributed by atoms with van der Waals surface area (Å²) >= 11 is 1.73. The molecule has 5 heteroatoms. The van der Waals surface area contributed by atoms with Crippen molar-refractivity contribution < 1.29 is 9.47 Å². The first kappa shape index (κ1) is 15.8. The van der Waals surface area contributed by atoms with Crippen molar-refractivity contribution in [3.05, 3.63) is 28.8 Å². The number of aryl methyl sites for hydroxylation is 1. The fourth-order valence-corrected chi connectivity index (χ4v) is 3.09. The second-order valence-corrected chi connectivity index (χ2v) is 5.86. The van der Waals surface area contributed by atoms with Gasteiger partial charge < -0.3 is 14.8 Å². The molecule has 21 heavy (non-hydrogen) atoms. The average molecular weight is 306 g/mol. The van der Waals surface area contributed by atoms with Crippen molar-refractivity contribution in [1.82, 2.24) is 10.3 Å². The number of aromatic nitrogens is 1. The smallest absolute Gasteiger partial charge is 0.161 e. The van der Waals surface area contributed by atoms with Crippen molar-refractivity contribution in [2.24, 2.45) is 0 Å². The predicted molar refractivity (Wildman–Crippen MR) is 87.4 cm³/mol. The van der Waals surface area contributed by atoms with Crippen LogP contribution < -0.4 is 14.8 Å². The van der Waals surface area contributed by atoms with E-state index in [1.165, 1.54) is 4.88 Å². The number of thiazole rings is 1. The van der Waals surface area contributed by atoms with Crippen molar-refractivity contribution in [3.8, 4) is 22.1 Å². The molecular weight excluding hydrogens is 284 g/mol. The highest BCUT2D eigenvalue weighted by Gasteiger charge is 2.12. The van der Waals surface area contributed by atoms with Gasteiger partial charge in [-0.15, -0.1) is 11.3 Å². The number of benzene rings is 1. The zero-order chi connectivity index (χ0) is 15.2. The molecule has 2 rings (SSSR count). The van der Waals surface area contributed by atoms with E-state index in [4.69, 9.17) is 9.47 Å². The van der Waals surface area contributed by atoms with Gasteiger partial charge in [-0.25, -0.2) is 4.98 Å². The maximum Gasteiger partial charge on any atom is 0.161 e. The van der Waals surface area contributed by atoms with E-state index in [2.05, 4.69) is 24.1 Å². The minimum Gasteiger partial charge on any atom is -0.493 e. The van der Waals surface area contributed by atoms with Crippen molar-refractivity contribution in [2.45, 2.75) is 26.8 Å². The van der Waals surface area contributed by atoms with Crippen LogP contribution in [0.15, 0.2) is 18.2 Å². The van der Waals surface area contributed by atoms with Gasteiger partial charge in [-0.1, -0.05) is 6.92 Å². The average Bonchev–Trinajstić information content (AvgIpc) is 2.88. The summed E-state index contributed by atoms with van der Waals surface area (Å²) in [5, 5.41) is 4.44. The first-order valence-electron chi connectivity index (χ1n) is 7.09. The van der Waals surface area contributed by atoms with Crippen LogP contribution in [0, 0.1) is 6.92 Å². The summed E-state index contributed by atoms with van der Waals surface area (Å²) in [6.45, 7) is 6.14. The van der Waals surface area contributed by atoms with Gasteiger partial charge in [0.15, 0.2) is 11.5 Å². The molecular formula is C16H22N2O2S. The van der Waals surface area contributed by atoms with Gasteiger partial charge in [0.2, 0.25) is 0 Å². The zero-order valence-corrected chi connectivity index (χ0v) is 13.8. The van der Waals surface area contributed by atoms with Crippen LogP contribution in [0.4, 0.5) is 0 Å². The van der Waals surface area contributed by atoms with Crippen LogP contribution in [-0.4, -0.2) is 25.7 Å². The fraction of sp³-hybridized carbons (Fsp3) is 0.438. The molecule has 0 amide bonds. The van der Waals surface area contributed by atoms with Crippen LogP contribution in [0.5, 0.6) is 11.5 Å². The Kier molecular flexibility index (Phi) is 5.59. The molecule has 0 bridgehead atoms. The highest BCUT2D eigenvalue weighted by atomic mass is 32.1. The molecule has 0 aliphatic heterocycles. The molecule has 0 saturated carbocycles. The van der Waals surface area contributed by atoms with E-state index in [1.54, 1.807) is 25.6 Å². The Bertz CT molecular complexity index is 596. The third kappa shape index (κ3) is 3.74. The van der Waals surface area contributed by atoms with E-state index in [0.717, 1.165) is 47.3 Å². The standard InChI is InChI=1S/C16H22N2O2S/c1-5-8-17-10-15-11(2)18-16(21-15)12-6-7-13(19-3)14(9-12)20-4/h6-7,9,17H,5,8,10H2,1-4H3. The Morgan fingerprint density at radius 2 is 1.95 bits per heavy atom. The Hall–Kier alpha value is -1.59. The molecule has 0 aliphatic carbocycles. The number of nitrogens with one attached hydrogen (secondary N) is 1. The van der Waals surface area contributed by atoms with Gasteiger partial charge in [-0.3, -0.25) is 0 Å². The first-order chi connectivity index (χ1) is 10.2. The van der Waals surface area contributed by atoms with Gasteiger partial charge in [0.25, 0.3) is 0 Å². The predicted octanol–water partition coefficient (Wildman–Crippen LogP) is 3.64. The number of rotatable bonds is 7. The second-order valence-electron chi connectivity index (χ2n) is 4.77. The highest BCUT2D eigenvalue weighted by molar-refractivity contribution is 7.15. The summed E-state index contributed by atoms with van der Waals surface area (Å²) < 4.78 is 10.6. The molecule has 0 spiro atoms. The molecule has 0 radical (unpaired) electrons. The highest BCUT2D eigenvalue weighted by Crippen LogP contribution is 2.34. The summed E-state index contributed by atoms with van der Waals surface area (Å²) in [6, 6.07) is 5.91. The van der Waals surface area contributed by atoms with E-state index >= 15 is 0 Å². The molecule has 1 aromatic heterocycles. The molecule has 114 valence electrons. The van der Waals surface area contributed by atoms with Crippen molar-refractivity contribution in [1.29, 1.82) is 0 Å². The summed E-state index contributed by atoms with van der Waals surface area (Å²) in [7, 11) is 3.29. The molecule has 1 heterocycles. The monoisotopic (exact) mass is 306 g/mol. The molecule has 1 N–H and O–H groups in total. The van der Waals surface area contributed by atoms with E-state index in [-0.39, 0.29) is 0 Å².